The smallest absolute Gasteiger partial charge is 0.161 e. The molecule has 3 aromatic rings. The van der Waals surface area contributed by atoms with Crippen molar-refractivity contribution >= 4 is 21.5 Å². The van der Waals surface area contributed by atoms with Gasteiger partial charge in [0.15, 0.2) is 11.5 Å². The number of likely N-dealkylation sites (tertiary alicyclic amines) is 1. The van der Waals surface area contributed by atoms with Crippen LogP contribution in [0.5, 0.6) is 17.2 Å². The van der Waals surface area contributed by atoms with E-state index < -0.39 is 0 Å². The van der Waals surface area contributed by atoms with E-state index in [-0.39, 0.29) is 12.6 Å². The zero-order chi connectivity index (χ0) is 20.4. The first-order valence-corrected chi connectivity index (χ1v) is 10.2. The number of methoxy groups -OCH3 is 3. The van der Waals surface area contributed by atoms with Crippen LogP contribution in [0.15, 0.2) is 36.4 Å². The average molecular weight is 395 g/mol. The zero-order valence-electron chi connectivity index (χ0n) is 17.4. The number of rotatable bonds is 6. The summed E-state index contributed by atoms with van der Waals surface area (Å²) < 4.78 is 16.6. The molecule has 0 aromatic heterocycles. The number of piperidine rings is 1. The van der Waals surface area contributed by atoms with Crippen molar-refractivity contribution in [3.05, 3.63) is 42.0 Å². The second-order valence-electron chi connectivity index (χ2n) is 7.68. The maximum Gasteiger partial charge on any atom is 0.161 e. The number of aliphatic hydroxyl groups excluding tert-OH is 1. The summed E-state index contributed by atoms with van der Waals surface area (Å²) >= 11 is 0. The standard InChI is InChI=1S/C24H29NO4/c1-27-19-7-8-20-17(14-25-9-5-4-6-18(25)15-26)10-16-11-23(28-2)24(29-3)13-21(16)22(20)12-19/h7-8,10-13,18,26H,4-6,9,14-15H2,1-3H3/t18-/m1/s1. The number of fused-ring (bicyclic) bond motifs is 3. The van der Waals surface area contributed by atoms with Gasteiger partial charge in [0.1, 0.15) is 5.75 Å². The summed E-state index contributed by atoms with van der Waals surface area (Å²) in [4.78, 5) is 2.41. The van der Waals surface area contributed by atoms with Crippen molar-refractivity contribution < 1.29 is 19.3 Å². The van der Waals surface area contributed by atoms with E-state index in [1.165, 1.54) is 23.8 Å². The largest absolute Gasteiger partial charge is 0.497 e. The van der Waals surface area contributed by atoms with Crippen molar-refractivity contribution in [2.75, 3.05) is 34.5 Å². The summed E-state index contributed by atoms with van der Waals surface area (Å²) in [6.07, 6.45) is 3.43. The van der Waals surface area contributed by atoms with E-state index in [0.29, 0.717) is 5.75 Å². The van der Waals surface area contributed by atoms with Crippen molar-refractivity contribution in [2.45, 2.75) is 31.8 Å². The maximum absolute atomic E-state index is 9.83. The Kier molecular flexibility index (Phi) is 5.79. The van der Waals surface area contributed by atoms with Gasteiger partial charge >= 0.3 is 0 Å². The van der Waals surface area contributed by atoms with E-state index in [1.807, 2.05) is 18.2 Å². The number of nitrogens with zero attached hydrogens (tertiary/aromatic N) is 1. The fraction of sp³-hybridized carbons (Fsp3) is 0.417. The van der Waals surface area contributed by atoms with Gasteiger partial charge in [0.05, 0.1) is 27.9 Å². The number of hydrogen-bond acceptors (Lipinski definition) is 5. The molecule has 1 heterocycles. The molecule has 1 fully saturated rings. The summed E-state index contributed by atoms with van der Waals surface area (Å²) in [5, 5.41) is 14.4. The molecular formula is C24H29NO4. The Morgan fingerprint density at radius 1 is 0.897 bits per heavy atom. The van der Waals surface area contributed by atoms with Crippen LogP contribution in [0.25, 0.3) is 21.5 Å². The van der Waals surface area contributed by atoms with Gasteiger partial charge in [0.25, 0.3) is 0 Å². The predicted octanol–water partition coefficient (Wildman–Crippen LogP) is 4.37. The highest BCUT2D eigenvalue weighted by molar-refractivity contribution is 6.10. The third-order valence-electron chi connectivity index (χ3n) is 6.08. The first-order chi connectivity index (χ1) is 14.2. The lowest BCUT2D eigenvalue weighted by atomic mass is 9.95. The first kappa shape index (κ1) is 19.8. The Bertz CT molecular complexity index is 1020. The lowest BCUT2D eigenvalue weighted by molar-refractivity contribution is 0.0845. The molecule has 0 saturated carbocycles. The molecule has 0 aliphatic carbocycles. The minimum Gasteiger partial charge on any atom is -0.497 e. The normalized spacial score (nSPS) is 17.6. The quantitative estimate of drug-likeness (QED) is 0.628. The summed E-state index contributed by atoms with van der Waals surface area (Å²) in [6, 6.07) is 12.8. The average Bonchev–Trinajstić information content (AvgIpc) is 2.78. The van der Waals surface area contributed by atoms with Crippen molar-refractivity contribution in [3.8, 4) is 17.2 Å². The fourth-order valence-corrected chi connectivity index (χ4v) is 4.49. The van der Waals surface area contributed by atoms with Gasteiger partial charge in [-0.05, 0) is 76.8 Å². The zero-order valence-corrected chi connectivity index (χ0v) is 17.4. The highest BCUT2D eigenvalue weighted by Gasteiger charge is 2.23. The highest BCUT2D eigenvalue weighted by Crippen LogP contribution is 2.39. The molecular weight excluding hydrogens is 366 g/mol. The number of ether oxygens (including phenoxy) is 3. The van der Waals surface area contributed by atoms with Gasteiger partial charge in [-0.2, -0.15) is 0 Å². The van der Waals surface area contributed by atoms with Crippen LogP contribution in [-0.4, -0.2) is 50.5 Å². The SMILES string of the molecule is COc1ccc2c(CN3CCCC[C@@H]3CO)cc3cc(OC)c(OC)cc3c2c1. The van der Waals surface area contributed by atoms with Gasteiger partial charge < -0.3 is 19.3 Å². The highest BCUT2D eigenvalue weighted by atomic mass is 16.5. The number of aliphatic hydroxyl groups is 1. The molecule has 1 atom stereocenters. The molecule has 0 amide bonds. The van der Waals surface area contributed by atoms with Gasteiger partial charge in [-0.15, -0.1) is 0 Å². The Hall–Kier alpha value is -2.50. The van der Waals surface area contributed by atoms with Gasteiger partial charge in [0, 0.05) is 12.6 Å². The van der Waals surface area contributed by atoms with Crippen LogP contribution in [0.1, 0.15) is 24.8 Å². The van der Waals surface area contributed by atoms with E-state index in [2.05, 4.69) is 23.1 Å². The number of hydrogen-bond donors (Lipinski definition) is 1. The lowest BCUT2D eigenvalue weighted by Gasteiger charge is -2.35. The number of benzene rings is 3. The van der Waals surface area contributed by atoms with Crippen LogP contribution in [0.4, 0.5) is 0 Å². The molecule has 1 aliphatic heterocycles. The predicted molar refractivity (Wildman–Crippen MR) is 116 cm³/mol. The molecule has 29 heavy (non-hydrogen) atoms. The van der Waals surface area contributed by atoms with E-state index in [0.717, 1.165) is 47.2 Å². The molecule has 0 unspecified atom stereocenters. The molecule has 154 valence electrons. The Labute approximate surface area is 171 Å². The summed E-state index contributed by atoms with van der Waals surface area (Å²) in [5.74, 6) is 2.27. The minimum atomic E-state index is 0.213. The molecule has 0 bridgehead atoms. The Morgan fingerprint density at radius 3 is 2.41 bits per heavy atom. The van der Waals surface area contributed by atoms with E-state index in [1.54, 1.807) is 21.3 Å². The summed E-state index contributed by atoms with van der Waals surface area (Å²) in [6.45, 7) is 2.05. The maximum atomic E-state index is 9.83. The van der Waals surface area contributed by atoms with E-state index in [9.17, 15) is 5.11 Å². The fourth-order valence-electron chi connectivity index (χ4n) is 4.49. The Balaban J connectivity index is 1.90. The van der Waals surface area contributed by atoms with Gasteiger partial charge in [-0.3, -0.25) is 4.90 Å². The summed E-state index contributed by atoms with van der Waals surface area (Å²) in [7, 11) is 5.01. The second kappa shape index (κ2) is 8.47. The molecule has 1 saturated heterocycles. The van der Waals surface area contributed by atoms with E-state index in [4.69, 9.17) is 14.2 Å². The van der Waals surface area contributed by atoms with Crippen LogP contribution in [0.2, 0.25) is 0 Å². The molecule has 5 heteroatoms. The molecule has 4 rings (SSSR count). The van der Waals surface area contributed by atoms with Crippen LogP contribution in [-0.2, 0) is 6.54 Å². The lowest BCUT2D eigenvalue weighted by Crippen LogP contribution is -2.41. The monoisotopic (exact) mass is 395 g/mol. The van der Waals surface area contributed by atoms with Gasteiger partial charge in [0.2, 0.25) is 0 Å². The first-order valence-electron chi connectivity index (χ1n) is 10.2. The van der Waals surface area contributed by atoms with Gasteiger partial charge in [-0.25, -0.2) is 0 Å². The van der Waals surface area contributed by atoms with Crippen LogP contribution < -0.4 is 14.2 Å². The van der Waals surface area contributed by atoms with Crippen molar-refractivity contribution in [1.29, 1.82) is 0 Å². The molecule has 3 aromatic carbocycles. The third kappa shape index (κ3) is 3.72. The van der Waals surface area contributed by atoms with Crippen LogP contribution >= 0.6 is 0 Å². The van der Waals surface area contributed by atoms with E-state index >= 15 is 0 Å². The molecule has 0 radical (unpaired) electrons. The third-order valence-corrected chi connectivity index (χ3v) is 6.08. The molecule has 1 N–H and O–H groups in total. The minimum absolute atomic E-state index is 0.213. The molecule has 5 nitrogen and oxygen atoms in total. The van der Waals surface area contributed by atoms with Crippen molar-refractivity contribution in [3.63, 3.8) is 0 Å². The molecule has 1 aliphatic rings. The van der Waals surface area contributed by atoms with Crippen molar-refractivity contribution in [1.82, 2.24) is 4.90 Å². The van der Waals surface area contributed by atoms with Crippen LogP contribution in [0, 0.1) is 0 Å². The Morgan fingerprint density at radius 2 is 1.69 bits per heavy atom. The molecule has 0 spiro atoms. The second-order valence-corrected chi connectivity index (χ2v) is 7.68. The van der Waals surface area contributed by atoms with Gasteiger partial charge in [-0.1, -0.05) is 12.5 Å². The van der Waals surface area contributed by atoms with Crippen molar-refractivity contribution in [2.24, 2.45) is 0 Å². The van der Waals surface area contributed by atoms with Crippen LogP contribution in [0.3, 0.4) is 0 Å². The topological polar surface area (TPSA) is 51.2 Å². The summed E-state index contributed by atoms with van der Waals surface area (Å²) in [5.41, 5.74) is 1.25.